The first-order valence-electron chi connectivity index (χ1n) is 0.802. The molecule has 0 amide bonds. The molecule has 0 aromatic rings. The molecule has 0 spiro atoms. The van der Waals surface area contributed by atoms with E-state index in [-0.39, 0.29) is 0 Å². The van der Waals surface area contributed by atoms with Gasteiger partial charge in [-0.05, 0) is 0 Å². The topological polar surface area (TPSA) is 0 Å². The van der Waals surface area contributed by atoms with Gasteiger partial charge < -0.3 is 0 Å². The van der Waals surface area contributed by atoms with Crippen molar-refractivity contribution in [3.63, 3.8) is 0 Å². The molecule has 0 saturated carbocycles. The standard InChI is InChI=1S/6ClH.Gd/h6*1H;/q;;;;;;+6/p-6. The summed E-state index contributed by atoms with van der Waals surface area (Å²) in [4.78, 5) is 0. The summed E-state index contributed by atoms with van der Waals surface area (Å²) in [5, 5.41) is 0. The predicted molar refractivity (Wildman–Crippen MR) is 35.1 cm³/mol. The number of halogens is 6. The van der Waals surface area contributed by atoms with E-state index in [4.69, 9.17) is 35.8 Å². The Kier molecular flexibility index (Phi) is 2.60. The van der Waals surface area contributed by atoms with Crippen LogP contribution < -0.4 is 0 Å². The molecule has 0 aliphatic heterocycles. The third-order valence-corrected chi connectivity index (χ3v) is 0. The molecule has 0 rings (SSSR count). The van der Waals surface area contributed by atoms with Crippen LogP contribution in [0.5, 0.6) is 0 Å². The Balaban J connectivity index is 4.43. The van der Waals surface area contributed by atoms with Gasteiger partial charge in [0.2, 0.25) is 0 Å². The molecule has 0 saturated heterocycles. The van der Waals surface area contributed by atoms with E-state index in [1.807, 2.05) is 0 Å². The Hall–Kier alpha value is 3.06. The molecule has 0 aromatic carbocycles. The predicted octanol–water partition coefficient (Wildman–Crippen LogP) is 4.14. The van der Waals surface area contributed by atoms with Crippen molar-refractivity contribution in [1.82, 2.24) is 0 Å². The minimum absolute atomic E-state index is 5.06. The molecule has 0 atom stereocenters. The summed E-state index contributed by atoms with van der Waals surface area (Å²) < 4.78 is 0. The molecule has 7 heteroatoms. The van der Waals surface area contributed by atoms with Crippen molar-refractivity contribution in [3.05, 3.63) is 0 Å². The first-order valence-corrected chi connectivity index (χ1v) is 17.8. The molecule has 0 radical (unpaired) electrons. The Morgan fingerprint density at radius 3 is 0.571 bits per heavy atom. The van der Waals surface area contributed by atoms with Gasteiger partial charge in [0.1, 0.15) is 0 Å². The number of hydrogen-bond acceptors (Lipinski definition) is 0. The fourth-order valence-electron chi connectivity index (χ4n) is 0. The van der Waals surface area contributed by atoms with Crippen molar-refractivity contribution in [3.8, 4) is 0 Å². The molecular formula is Cl6Gd. The molecule has 7 heavy (non-hydrogen) atoms. The van der Waals surface area contributed by atoms with E-state index in [1.165, 1.54) is 0 Å². The van der Waals surface area contributed by atoms with Crippen LogP contribution in [-0.4, -0.2) is 0 Å². The summed E-state index contributed by atoms with van der Waals surface area (Å²) >= 11 is -5.38. The molecule has 0 bridgehead atoms. The monoisotopic (exact) mass is 368 g/mol. The van der Waals surface area contributed by atoms with E-state index in [1.54, 1.807) is 0 Å². The molecule has 0 unspecified atom stereocenters. The van der Waals surface area contributed by atoms with Crippen molar-refractivity contribution in [2.24, 2.45) is 0 Å². The van der Waals surface area contributed by atoms with Crippen LogP contribution >= 0.6 is 35.8 Å². The SMILES string of the molecule is [Cl][Gd]([Cl])([Cl])([Cl])([Cl])[Cl]. The Morgan fingerprint density at radius 1 is 0.571 bits per heavy atom. The van der Waals surface area contributed by atoms with E-state index in [2.05, 4.69) is 0 Å². The van der Waals surface area contributed by atoms with Crippen molar-refractivity contribution < 1.29 is 18.4 Å². The molecule has 0 N–H and O–H groups in total. The summed E-state index contributed by atoms with van der Waals surface area (Å²) in [5.41, 5.74) is 0. The fourth-order valence-corrected chi connectivity index (χ4v) is 0. The second-order valence-electron chi connectivity index (χ2n) is 0.758. The third kappa shape index (κ3) is 48.2. The summed E-state index contributed by atoms with van der Waals surface area (Å²) in [6.07, 6.45) is 0. The zero-order chi connectivity index (χ0) is 6.41. The van der Waals surface area contributed by atoms with E-state index in [0.29, 0.717) is 0 Å². The van der Waals surface area contributed by atoms with E-state index in [0.717, 1.165) is 0 Å². The molecular weight excluding hydrogens is 370 g/mol. The van der Waals surface area contributed by atoms with Crippen LogP contribution in [0.15, 0.2) is 0 Å². The summed E-state index contributed by atoms with van der Waals surface area (Å²) in [7, 11) is 0. The molecule has 0 aliphatic rings. The van der Waals surface area contributed by atoms with Crippen molar-refractivity contribution in [2.45, 2.75) is 0 Å². The van der Waals surface area contributed by atoms with Crippen LogP contribution in [0.4, 0.5) is 0 Å². The van der Waals surface area contributed by atoms with Gasteiger partial charge in [0.15, 0.2) is 0 Å². The quantitative estimate of drug-likeness (QED) is 0.602. The van der Waals surface area contributed by atoms with Gasteiger partial charge in [-0.1, -0.05) is 0 Å². The zero-order valence-electron chi connectivity index (χ0n) is 2.62. The minimum atomic E-state index is -5.38. The van der Waals surface area contributed by atoms with Crippen LogP contribution in [0.25, 0.3) is 0 Å². The summed E-state index contributed by atoms with van der Waals surface area (Å²) in [6, 6.07) is 0. The summed E-state index contributed by atoms with van der Waals surface area (Å²) in [6.45, 7) is 0. The maximum atomic E-state index is 5.06. The van der Waals surface area contributed by atoms with Crippen LogP contribution in [0.1, 0.15) is 0 Å². The van der Waals surface area contributed by atoms with Crippen LogP contribution in [0.3, 0.4) is 0 Å². The molecule has 0 fully saturated rings. The molecule has 0 aliphatic carbocycles. The second kappa shape index (κ2) is 1.81. The van der Waals surface area contributed by atoms with Gasteiger partial charge >= 0.3 is 54.3 Å². The van der Waals surface area contributed by atoms with Crippen LogP contribution in [0, 0.1) is 18.4 Å². The van der Waals surface area contributed by atoms with Gasteiger partial charge in [0, 0.05) is 0 Å². The molecule has 0 heterocycles. The average Bonchev–Trinajstić information content (AvgIpc) is 0.592. The van der Waals surface area contributed by atoms with E-state index < -0.39 is 18.4 Å². The third-order valence-electron chi connectivity index (χ3n) is 0. The van der Waals surface area contributed by atoms with Gasteiger partial charge in [0.05, 0.1) is 0 Å². The molecule has 0 nitrogen and oxygen atoms in total. The van der Waals surface area contributed by atoms with Gasteiger partial charge in [-0.15, -0.1) is 0 Å². The zero-order valence-corrected chi connectivity index (χ0v) is 9.43. The van der Waals surface area contributed by atoms with E-state index >= 15 is 0 Å². The number of hydrogen-bond donors (Lipinski definition) is 0. The summed E-state index contributed by atoms with van der Waals surface area (Å²) in [5.74, 6) is 30.4. The molecule has 0 aromatic heterocycles. The Bertz CT molecular complexity index is 62.7. The number of rotatable bonds is 0. The molecule has 50 valence electrons. The van der Waals surface area contributed by atoms with E-state index in [9.17, 15) is 0 Å². The van der Waals surface area contributed by atoms with Crippen molar-refractivity contribution >= 4 is 35.8 Å². The second-order valence-corrected chi connectivity index (χ2v) is 50.6. The van der Waals surface area contributed by atoms with Gasteiger partial charge in [-0.25, -0.2) is 0 Å². The van der Waals surface area contributed by atoms with Gasteiger partial charge in [-0.3, -0.25) is 0 Å². The van der Waals surface area contributed by atoms with Gasteiger partial charge in [-0.2, -0.15) is 0 Å². The van der Waals surface area contributed by atoms with Gasteiger partial charge in [0.25, 0.3) is 0 Å². The van der Waals surface area contributed by atoms with Crippen LogP contribution in [-0.2, 0) is 0 Å². The normalized spacial score (nSPS) is 23.1. The van der Waals surface area contributed by atoms with Crippen molar-refractivity contribution in [1.29, 1.82) is 0 Å². The fraction of sp³-hybridized carbons (Fsp3) is 0. The average molecular weight is 370 g/mol. The maximum absolute atomic E-state index is 5.38. The van der Waals surface area contributed by atoms with Crippen LogP contribution in [0.2, 0.25) is 0 Å². The Morgan fingerprint density at radius 2 is 0.571 bits per heavy atom. The Labute approximate surface area is 52.4 Å². The van der Waals surface area contributed by atoms with Crippen molar-refractivity contribution in [2.75, 3.05) is 0 Å². The first-order chi connectivity index (χ1) is 2.45. The first kappa shape index (κ1) is 10.1.